The van der Waals surface area contributed by atoms with E-state index in [1.807, 2.05) is 12.3 Å². The van der Waals surface area contributed by atoms with Crippen molar-refractivity contribution in [2.75, 3.05) is 0 Å². The molecule has 0 bridgehead atoms. The second-order valence-corrected chi connectivity index (χ2v) is 3.50. The second-order valence-electron chi connectivity index (χ2n) is 2.62. The molecule has 0 aliphatic carbocycles. The highest BCUT2D eigenvalue weighted by atomic mass is 32.1. The topological polar surface area (TPSA) is 63.1 Å². The van der Waals surface area contributed by atoms with Crippen molar-refractivity contribution in [3.05, 3.63) is 23.0 Å². The molecule has 1 N–H and O–H groups in total. The van der Waals surface area contributed by atoms with Gasteiger partial charge in [0.1, 0.15) is 6.33 Å². The molecule has 0 radical (unpaired) electrons. The highest BCUT2D eigenvalue weighted by Gasteiger charge is 2.13. The number of carboxylic acids is 1. The number of carboxylic acid groups (broad SMARTS) is 1. The Morgan fingerprint density at radius 2 is 2.31 bits per heavy atom. The maximum absolute atomic E-state index is 10.7. The maximum Gasteiger partial charge on any atom is 0.356 e. The first-order valence-electron chi connectivity index (χ1n) is 3.62. The third kappa shape index (κ3) is 1.17. The van der Waals surface area contributed by atoms with Gasteiger partial charge in [0.25, 0.3) is 0 Å². The lowest BCUT2D eigenvalue weighted by Gasteiger charge is -1.94. The molecule has 0 fully saturated rings. The summed E-state index contributed by atoms with van der Waals surface area (Å²) in [4.78, 5) is 18.5. The van der Waals surface area contributed by atoms with Crippen LogP contribution < -0.4 is 0 Å². The van der Waals surface area contributed by atoms with Crippen molar-refractivity contribution < 1.29 is 9.90 Å². The molecular weight excluding hydrogens is 188 g/mol. The van der Waals surface area contributed by atoms with Gasteiger partial charge in [-0.05, 0) is 17.9 Å². The van der Waals surface area contributed by atoms with E-state index in [1.165, 1.54) is 17.7 Å². The van der Waals surface area contributed by atoms with Crippen LogP contribution in [0.1, 0.15) is 16.1 Å². The van der Waals surface area contributed by atoms with Crippen molar-refractivity contribution in [3.8, 4) is 0 Å². The normalized spacial score (nSPS) is 10.5. The van der Waals surface area contributed by atoms with Gasteiger partial charge in [-0.3, -0.25) is 0 Å². The first kappa shape index (κ1) is 8.12. The van der Waals surface area contributed by atoms with Crippen molar-refractivity contribution in [3.63, 3.8) is 0 Å². The fourth-order valence-electron chi connectivity index (χ4n) is 1.12. The van der Waals surface area contributed by atoms with Gasteiger partial charge in [0, 0.05) is 0 Å². The lowest BCUT2D eigenvalue weighted by molar-refractivity contribution is 0.0693. The van der Waals surface area contributed by atoms with E-state index < -0.39 is 5.97 Å². The number of nitrogens with zero attached hydrogens (tertiary/aromatic N) is 2. The maximum atomic E-state index is 10.7. The van der Waals surface area contributed by atoms with Gasteiger partial charge >= 0.3 is 5.97 Å². The molecule has 66 valence electrons. The number of hydrogen-bond donors (Lipinski definition) is 1. The quantitative estimate of drug-likeness (QED) is 0.750. The monoisotopic (exact) mass is 194 g/mol. The molecule has 0 atom stereocenters. The van der Waals surface area contributed by atoms with Gasteiger partial charge < -0.3 is 5.11 Å². The van der Waals surface area contributed by atoms with Crippen LogP contribution in [0.4, 0.5) is 0 Å². The van der Waals surface area contributed by atoms with Crippen molar-refractivity contribution in [2.45, 2.75) is 6.92 Å². The van der Waals surface area contributed by atoms with Crippen LogP contribution in [0.3, 0.4) is 0 Å². The Bertz CT molecular complexity index is 478. The van der Waals surface area contributed by atoms with Gasteiger partial charge in [0.15, 0.2) is 5.69 Å². The Kier molecular flexibility index (Phi) is 1.73. The fraction of sp³-hybridized carbons (Fsp3) is 0.125. The number of aryl methyl sites for hydroxylation is 1. The van der Waals surface area contributed by atoms with Crippen LogP contribution in [0, 0.1) is 6.92 Å². The van der Waals surface area contributed by atoms with Crippen LogP contribution in [-0.2, 0) is 0 Å². The van der Waals surface area contributed by atoms with E-state index in [1.54, 1.807) is 0 Å². The average molecular weight is 194 g/mol. The molecule has 4 nitrogen and oxygen atoms in total. The predicted octanol–water partition coefficient (Wildman–Crippen LogP) is 1.70. The predicted molar refractivity (Wildman–Crippen MR) is 49.1 cm³/mol. The summed E-state index contributed by atoms with van der Waals surface area (Å²) in [5.41, 5.74) is 1.81. The molecule has 0 saturated heterocycles. The van der Waals surface area contributed by atoms with Crippen LogP contribution in [0.5, 0.6) is 0 Å². The van der Waals surface area contributed by atoms with E-state index in [0.717, 1.165) is 11.1 Å². The molecule has 0 aliphatic heterocycles. The number of fused-ring (bicyclic) bond motifs is 1. The van der Waals surface area contributed by atoms with Crippen LogP contribution in [-0.4, -0.2) is 21.0 Å². The van der Waals surface area contributed by atoms with Crippen LogP contribution in [0.15, 0.2) is 11.7 Å². The molecule has 0 unspecified atom stereocenters. The van der Waals surface area contributed by atoms with Gasteiger partial charge in [-0.1, -0.05) is 0 Å². The third-order valence-electron chi connectivity index (χ3n) is 1.73. The standard InChI is InChI=1S/C8H6N2O2S/c1-4-2-13-7-5(4)9-3-10-6(7)8(11)12/h2-3H,1H3,(H,11,12). The van der Waals surface area contributed by atoms with Gasteiger partial charge in [-0.2, -0.15) is 0 Å². The minimum atomic E-state index is -1.01. The molecule has 0 saturated carbocycles. The van der Waals surface area contributed by atoms with Gasteiger partial charge in [-0.15, -0.1) is 11.3 Å². The summed E-state index contributed by atoms with van der Waals surface area (Å²) in [6, 6.07) is 0. The molecule has 0 aromatic carbocycles. The molecule has 2 rings (SSSR count). The SMILES string of the molecule is Cc1csc2c(C(=O)O)ncnc12. The van der Waals surface area contributed by atoms with E-state index in [2.05, 4.69) is 9.97 Å². The van der Waals surface area contributed by atoms with Crippen molar-refractivity contribution in [1.82, 2.24) is 9.97 Å². The summed E-state index contributed by atoms with van der Waals surface area (Å²) in [6.07, 6.45) is 1.28. The average Bonchev–Trinajstić information content (AvgIpc) is 2.48. The van der Waals surface area contributed by atoms with Crippen LogP contribution >= 0.6 is 11.3 Å². The number of aromatic carboxylic acids is 1. The number of carbonyl (C=O) groups is 1. The molecule has 0 amide bonds. The zero-order valence-electron chi connectivity index (χ0n) is 6.81. The van der Waals surface area contributed by atoms with Crippen molar-refractivity contribution in [1.29, 1.82) is 0 Å². The first-order valence-corrected chi connectivity index (χ1v) is 4.50. The molecule has 0 aliphatic rings. The van der Waals surface area contributed by atoms with E-state index in [0.29, 0.717) is 4.70 Å². The Labute approximate surface area is 77.9 Å². The molecular formula is C8H6N2O2S. The molecule has 2 aromatic heterocycles. The van der Waals surface area contributed by atoms with Gasteiger partial charge in [0.2, 0.25) is 0 Å². The zero-order valence-corrected chi connectivity index (χ0v) is 7.63. The van der Waals surface area contributed by atoms with Crippen LogP contribution in [0.2, 0.25) is 0 Å². The zero-order chi connectivity index (χ0) is 9.42. The lowest BCUT2D eigenvalue weighted by atomic mass is 10.3. The highest BCUT2D eigenvalue weighted by Crippen LogP contribution is 2.25. The van der Waals surface area contributed by atoms with E-state index >= 15 is 0 Å². The van der Waals surface area contributed by atoms with Crippen molar-refractivity contribution >= 4 is 27.5 Å². The molecule has 5 heteroatoms. The number of hydrogen-bond acceptors (Lipinski definition) is 4. The number of aromatic nitrogens is 2. The number of thiophene rings is 1. The van der Waals surface area contributed by atoms with Crippen molar-refractivity contribution in [2.24, 2.45) is 0 Å². The van der Waals surface area contributed by atoms with E-state index in [9.17, 15) is 4.79 Å². The molecule has 2 aromatic rings. The summed E-state index contributed by atoms with van der Waals surface area (Å²) in [7, 11) is 0. The van der Waals surface area contributed by atoms with Crippen LogP contribution in [0.25, 0.3) is 10.2 Å². The summed E-state index contributed by atoms with van der Waals surface area (Å²) in [5.74, 6) is -1.01. The smallest absolute Gasteiger partial charge is 0.356 e. The fourth-order valence-corrected chi connectivity index (χ4v) is 2.10. The Hall–Kier alpha value is -1.49. The third-order valence-corrected chi connectivity index (χ3v) is 2.83. The molecule has 0 spiro atoms. The van der Waals surface area contributed by atoms with Gasteiger partial charge in [0.05, 0.1) is 10.2 Å². The van der Waals surface area contributed by atoms with Gasteiger partial charge in [-0.25, -0.2) is 14.8 Å². The Morgan fingerprint density at radius 3 is 3.00 bits per heavy atom. The molecule has 13 heavy (non-hydrogen) atoms. The highest BCUT2D eigenvalue weighted by molar-refractivity contribution is 7.17. The summed E-state index contributed by atoms with van der Waals surface area (Å²) in [6.45, 7) is 1.90. The summed E-state index contributed by atoms with van der Waals surface area (Å²) >= 11 is 1.36. The largest absolute Gasteiger partial charge is 0.476 e. The van der Waals surface area contributed by atoms with E-state index in [4.69, 9.17) is 5.11 Å². The Morgan fingerprint density at radius 1 is 1.54 bits per heavy atom. The lowest BCUT2D eigenvalue weighted by Crippen LogP contribution is -2.00. The number of rotatable bonds is 1. The minimum Gasteiger partial charge on any atom is -0.476 e. The minimum absolute atomic E-state index is 0.0862. The van der Waals surface area contributed by atoms with E-state index in [-0.39, 0.29) is 5.69 Å². The second kappa shape index (κ2) is 2.77. The Balaban J connectivity index is 2.84. The first-order chi connectivity index (χ1) is 6.20. The summed E-state index contributed by atoms with van der Waals surface area (Å²) < 4.78 is 0.646. The molecule has 2 heterocycles. The summed E-state index contributed by atoms with van der Waals surface area (Å²) in [5, 5.41) is 10.7.